The van der Waals surface area contributed by atoms with Gasteiger partial charge in [0.2, 0.25) is 10.0 Å². The number of nitrogens with one attached hydrogen (secondary N) is 1. The SMILES string of the molecule is COCC(C)NS(=O)(=O)c1cc(C)c(C)cc1N. The molecule has 0 aliphatic rings. The molecule has 0 aliphatic heterocycles. The van der Waals surface area contributed by atoms with E-state index < -0.39 is 10.0 Å². The van der Waals surface area contributed by atoms with Crippen LogP contribution in [-0.4, -0.2) is 28.2 Å². The Morgan fingerprint density at radius 2 is 1.89 bits per heavy atom. The quantitative estimate of drug-likeness (QED) is 0.789. The van der Waals surface area contributed by atoms with E-state index in [9.17, 15) is 8.42 Å². The van der Waals surface area contributed by atoms with E-state index in [1.54, 1.807) is 19.1 Å². The summed E-state index contributed by atoms with van der Waals surface area (Å²) in [6.07, 6.45) is 0. The Bertz CT molecular complexity index is 526. The van der Waals surface area contributed by atoms with E-state index >= 15 is 0 Å². The van der Waals surface area contributed by atoms with Crippen molar-refractivity contribution in [2.75, 3.05) is 19.5 Å². The zero-order chi connectivity index (χ0) is 13.9. The van der Waals surface area contributed by atoms with Gasteiger partial charge in [0.25, 0.3) is 0 Å². The lowest BCUT2D eigenvalue weighted by Crippen LogP contribution is -2.36. The van der Waals surface area contributed by atoms with Gasteiger partial charge in [-0.25, -0.2) is 13.1 Å². The first kappa shape index (κ1) is 14.9. The standard InChI is InChI=1S/C12H20N2O3S/c1-8-5-11(13)12(6-9(8)2)18(15,16)14-10(3)7-17-4/h5-6,10,14H,7,13H2,1-4H3. The average molecular weight is 272 g/mol. The summed E-state index contributed by atoms with van der Waals surface area (Å²) in [6, 6.07) is 2.96. The van der Waals surface area contributed by atoms with Gasteiger partial charge in [-0.1, -0.05) is 0 Å². The minimum absolute atomic E-state index is 0.119. The van der Waals surface area contributed by atoms with Crippen LogP contribution in [0.2, 0.25) is 0 Å². The van der Waals surface area contributed by atoms with Crippen LogP contribution >= 0.6 is 0 Å². The number of ether oxygens (including phenoxy) is 1. The zero-order valence-corrected chi connectivity index (χ0v) is 12.0. The maximum Gasteiger partial charge on any atom is 0.242 e. The lowest BCUT2D eigenvalue weighted by molar-refractivity contribution is 0.180. The Morgan fingerprint density at radius 1 is 1.33 bits per heavy atom. The first-order chi connectivity index (χ1) is 8.27. The first-order valence-corrected chi connectivity index (χ1v) is 7.14. The number of benzene rings is 1. The maximum atomic E-state index is 12.2. The van der Waals surface area contributed by atoms with Gasteiger partial charge in [-0.2, -0.15) is 0 Å². The second-order valence-electron chi connectivity index (χ2n) is 4.45. The van der Waals surface area contributed by atoms with E-state index in [1.807, 2.05) is 13.8 Å². The van der Waals surface area contributed by atoms with Crippen molar-refractivity contribution in [1.29, 1.82) is 0 Å². The highest BCUT2D eigenvalue weighted by molar-refractivity contribution is 7.89. The third-order valence-corrected chi connectivity index (χ3v) is 4.33. The number of hydrogen-bond donors (Lipinski definition) is 2. The molecule has 0 aromatic heterocycles. The largest absolute Gasteiger partial charge is 0.398 e. The average Bonchev–Trinajstić information content (AvgIpc) is 2.22. The lowest BCUT2D eigenvalue weighted by atomic mass is 10.1. The molecule has 0 bridgehead atoms. The van der Waals surface area contributed by atoms with Crippen molar-refractivity contribution in [3.05, 3.63) is 23.3 Å². The molecule has 0 aliphatic carbocycles. The molecule has 6 heteroatoms. The summed E-state index contributed by atoms with van der Waals surface area (Å²) in [5.74, 6) is 0. The van der Waals surface area contributed by atoms with E-state index in [-0.39, 0.29) is 16.6 Å². The van der Waals surface area contributed by atoms with Crippen molar-refractivity contribution in [2.45, 2.75) is 31.7 Å². The van der Waals surface area contributed by atoms with Gasteiger partial charge in [0, 0.05) is 13.2 Å². The smallest absolute Gasteiger partial charge is 0.242 e. The Morgan fingerprint density at radius 3 is 2.44 bits per heavy atom. The van der Waals surface area contributed by atoms with Crippen molar-refractivity contribution >= 4 is 15.7 Å². The van der Waals surface area contributed by atoms with Gasteiger partial charge in [0.1, 0.15) is 4.90 Å². The Hall–Kier alpha value is -1.11. The molecule has 0 saturated carbocycles. The van der Waals surface area contributed by atoms with E-state index in [1.165, 1.54) is 7.11 Å². The minimum atomic E-state index is -3.61. The Labute approximate surface area is 108 Å². The molecule has 1 rings (SSSR count). The van der Waals surface area contributed by atoms with E-state index in [2.05, 4.69) is 4.72 Å². The van der Waals surface area contributed by atoms with Gasteiger partial charge in [0.05, 0.1) is 12.3 Å². The van der Waals surface area contributed by atoms with Crippen molar-refractivity contribution in [1.82, 2.24) is 4.72 Å². The second-order valence-corrected chi connectivity index (χ2v) is 6.13. The predicted octanol–water partition coefficient (Wildman–Crippen LogP) is 1.20. The number of nitrogen functional groups attached to an aromatic ring is 1. The summed E-state index contributed by atoms with van der Waals surface area (Å²) >= 11 is 0. The number of sulfonamides is 1. The summed E-state index contributed by atoms with van der Waals surface area (Å²) in [5.41, 5.74) is 7.90. The van der Waals surface area contributed by atoms with Crippen LogP contribution in [0, 0.1) is 13.8 Å². The number of nitrogens with two attached hydrogens (primary N) is 1. The van der Waals surface area contributed by atoms with Crippen molar-refractivity contribution < 1.29 is 13.2 Å². The number of aryl methyl sites for hydroxylation is 2. The van der Waals surface area contributed by atoms with Gasteiger partial charge in [-0.3, -0.25) is 0 Å². The van der Waals surface area contributed by atoms with Crippen LogP contribution in [-0.2, 0) is 14.8 Å². The molecule has 5 nitrogen and oxygen atoms in total. The van der Waals surface area contributed by atoms with Crippen LogP contribution in [0.25, 0.3) is 0 Å². The molecule has 0 fully saturated rings. The first-order valence-electron chi connectivity index (χ1n) is 5.66. The van der Waals surface area contributed by atoms with Crippen LogP contribution < -0.4 is 10.5 Å². The van der Waals surface area contributed by atoms with Crippen LogP contribution in [0.3, 0.4) is 0 Å². The predicted molar refractivity (Wildman–Crippen MR) is 72.0 cm³/mol. The summed E-state index contributed by atoms with van der Waals surface area (Å²) in [6.45, 7) is 5.79. The van der Waals surface area contributed by atoms with Crippen LogP contribution in [0.5, 0.6) is 0 Å². The van der Waals surface area contributed by atoms with Crippen molar-refractivity contribution in [3.63, 3.8) is 0 Å². The minimum Gasteiger partial charge on any atom is -0.398 e. The van der Waals surface area contributed by atoms with Gasteiger partial charge >= 0.3 is 0 Å². The summed E-state index contributed by atoms with van der Waals surface area (Å²) in [4.78, 5) is 0.119. The summed E-state index contributed by atoms with van der Waals surface area (Å²) < 4.78 is 31.7. The number of methoxy groups -OCH3 is 1. The van der Waals surface area contributed by atoms with E-state index in [0.717, 1.165) is 11.1 Å². The fraction of sp³-hybridized carbons (Fsp3) is 0.500. The molecule has 0 saturated heterocycles. The molecule has 1 atom stereocenters. The second kappa shape index (κ2) is 5.69. The molecule has 1 aromatic rings. The van der Waals surface area contributed by atoms with E-state index in [0.29, 0.717) is 6.61 Å². The highest BCUT2D eigenvalue weighted by atomic mass is 32.2. The maximum absolute atomic E-state index is 12.2. The fourth-order valence-corrected chi connectivity index (χ4v) is 3.08. The molecule has 0 amide bonds. The van der Waals surface area contributed by atoms with Gasteiger partial charge in [-0.05, 0) is 44.0 Å². The molecule has 18 heavy (non-hydrogen) atoms. The molecule has 1 aromatic carbocycles. The molecule has 1 unspecified atom stereocenters. The lowest BCUT2D eigenvalue weighted by Gasteiger charge is -2.15. The Balaban J connectivity index is 3.09. The molecule has 102 valence electrons. The number of hydrogen-bond acceptors (Lipinski definition) is 4. The molecular formula is C12H20N2O3S. The van der Waals surface area contributed by atoms with Crippen molar-refractivity contribution in [2.24, 2.45) is 0 Å². The van der Waals surface area contributed by atoms with Crippen LogP contribution in [0.1, 0.15) is 18.1 Å². The van der Waals surface area contributed by atoms with Crippen molar-refractivity contribution in [3.8, 4) is 0 Å². The molecule has 0 spiro atoms. The Kier molecular flexibility index (Phi) is 4.72. The molecule has 3 N–H and O–H groups in total. The van der Waals surface area contributed by atoms with Crippen LogP contribution in [0.15, 0.2) is 17.0 Å². The normalized spacial score (nSPS) is 13.6. The zero-order valence-electron chi connectivity index (χ0n) is 11.1. The van der Waals surface area contributed by atoms with Gasteiger partial charge in [-0.15, -0.1) is 0 Å². The van der Waals surface area contributed by atoms with Gasteiger partial charge < -0.3 is 10.5 Å². The highest BCUT2D eigenvalue weighted by Gasteiger charge is 2.20. The third kappa shape index (κ3) is 3.44. The number of rotatable bonds is 5. The van der Waals surface area contributed by atoms with E-state index in [4.69, 9.17) is 10.5 Å². The monoisotopic (exact) mass is 272 g/mol. The number of anilines is 1. The highest BCUT2D eigenvalue weighted by Crippen LogP contribution is 2.22. The molecule has 0 radical (unpaired) electrons. The summed E-state index contributed by atoms with van der Waals surface area (Å²) in [5, 5.41) is 0. The molecule has 0 heterocycles. The molecular weight excluding hydrogens is 252 g/mol. The summed E-state index contributed by atoms with van der Waals surface area (Å²) in [7, 11) is -2.08. The van der Waals surface area contributed by atoms with Gasteiger partial charge in [0.15, 0.2) is 0 Å². The van der Waals surface area contributed by atoms with Crippen LogP contribution in [0.4, 0.5) is 5.69 Å². The third-order valence-electron chi connectivity index (χ3n) is 2.69. The fourth-order valence-electron chi connectivity index (χ4n) is 1.66. The topological polar surface area (TPSA) is 81.4 Å².